The molecule has 6 heteroatoms. The third-order valence-electron chi connectivity index (χ3n) is 3.31. The van der Waals surface area contributed by atoms with Gasteiger partial charge in [0, 0.05) is 19.2 Å². The Morgan fingerprint density at radius 1 is 1.30 bits per heavy atom. The standard InChI is InChI=1S/C14H18F2N2O2/c1-9-7-12(16)13(8-11(9)15)17-10(2)14(19)18-3-5-20-6-4-18/h7-8,10,17H,3-6H2,1-2H3. The predicted molar refractivity (Wildman–Crippen MR) is 71.6 cm³/mol. The lowest BCUT2D eigenvalue weighted by atomic mass is 10.2. The van der Waals surface area contributed by atoms with Crippen molar-refractivity contribution in [2.45, 2.75) is 19.9 Å². The van der Waals surface area contributed by atoms with E-state index in [1.165, 1.54) is 6.92 Å². The molecular weight excluding hydrogens is 266 g/mol. The Labute approximate surface area is 116 Å². The van der Waals surface area contributed by atoms with Gasteiger partial charge in [-0.25, -0.2) is 8.78 Å². The summed E-state index contributed by atoms with van der Waals surface area (Å²) in [5.41, 5.74) is 0.238. The first-order chi connectivity index (χ1) is 9.49. The molecule has 1 aliphatic heterocycles. The summed E-state index contributed by atoms with van der Waals surface area (Å²) in [4.78, 5) is 13.8. The third kappa shape index (κ3) is 3.25. The lowest BCUT2D eigenvalue weighted by Crippen LogP contribution is -2.47. The number of aryl methyl sites for hydroxylation is 1. The van der Waals surface area contributed by atoms with E-state index in [2.05, 4.69) is 5.32 Å². The highest BCUT2D eigenvalue weighted by molar-refractivity contribution is 5.84. The van der Waals surface area contributed by atoms with Crippen molar-refractivity contribution >= 4 is 11.6 Å². The van der Waals surface area contributed by atoms with Gasteiger partial charge in [-0.15, -0.1) is 0 Å². The van der Waals surface area contributed by atoms with Crippen LogP contribution in [0.2, 0.25) is 0 Å². The van der Waals surface area contributed by atoms with Crippen molar-refractivity contribution in [2.24, 2.45) is 0 Å². The van der Waals surface area contributed by atoms with Gasteiger partial charge in [-0.1, -0.05) is 0 Å². The van der Waals surface area contributed by atoms with Crippen LogP contribution in [0.25, 0.3) is 0 Å². The Kier molecular flexibility index (Phi) is 4.54. The minimum atomic E-state index is -0.621. The summed E-state index contributed by atoms with van der Waals surface area (Å²) in [6.45, 7) is 5.18. The maximum Gasteiger partial charge on any atom is 0.244 e. The molecule has 1 N–H and O–H groups in total. The summed E-state index contributed by atoms with van der Waals surface area (Å²) in [5, 5.41) is 2.73. The molecule has 0 bridgehead atoms. The SMILES string of the molecule is Cc1cc(F)c(NC(C)C(=O)N2CCOCC2)cc1F. The van der Waals surface area contributed by atoms with Crippen molar-refractivity contribution in [1.29, 1.82) is 0 Å². The first-order valence-electron chi connectivity index (χ1n) is 6.57. The van der Waals surface area contributed by atoms with Gasteiger partial charge in [0.05, 0.1) is 18.9 Å². The van der Waals surface area contributed by atoms with Crippen LogP contribution in [0.5, 0.6) is 0 Å². The maximum atomic E-state index is 13.7. The van der Waals surface area contributed by atoms with Crippen molar-refractivity contribution in [3.05, 3.63) is 29.3 Å². The van der Waals surface area contributed by atoms with Crippen molar-refractivity contribution in [3.8, 4) is 0 Å². The smallest absolute Gasteiger partial charge is 0.244 e. The fourth-order valence-corrected chi connectivity index (χ4v) is 2.11. The van der Waals surface area contributed by atoms with Crippen molar-refractivity contribution < 1.29 is 18.3 Å². The number of hydrogen-bond acceptors (Lipinski definition) is 3. The summed E-state index contributed by atoms with van der Waals surface area (Å²) in [6.07, 6.45) is 0. The predicted octanol–water partition coefficient (Wildman–Crippen LogP) is 1.93. The van der Waals surface area contributed by atoms with E-state index in [0.717, 1.165) is 12.1 Å². The molecule has 2 rings (SSSR count). The van der Waals surface area contributed by atoms with Gasteiger partial charge in [-0.2, -0.15) is 0 Å². The number of morpholine rings is 1. The lowest BCUT2D eigenvalue weighted by molar-refractivity contribution is -0.135. The van der Waals surface area contributed by atoms with E-state index in [0.29, 0.717) is 26.3 Å². The largest absolute Gasteiger partial charge is 0.378 e. The van der Waals surface area contributed by atoms with Crippen LogP contribution < -0.4 is 5.32 Å². The van der Waals surface area contributed by atoms with Crippen LogP contribution in [0.3, 0.4) is 0 Å². The van der Waals surface area contributed by atoms with E-state index in [9.17, 15) is 13.6 Å². The van der Waals surface area contributed by atoms with Gasteiger partial charge in [0.1, 0.15) is 17.7 Å². The van der Waals surface area contributed by atoms with Crippen LogP contribution in [-0.2, 0) is 9.53 Å². The number of carbonyl (C=O) groups is 1. The number of hydrogen-bond donors (Lipinski definition) is 1. The molecule has 1 heterocycles. The minimum absolute atomic E-state index is 0.00205. The first-order valence-corrected chi connectivity index (χ1v) is 6.57. The molecule has 0 aliphatic carbocycles. The zero-order chi connectivity index (χ0) is 14.7. The highest BCUT2D eigenvalue weighted by Gasteiger charge is 2.23. The van der Waals surface area contributed by atoms with Gasteiger partial charge in [-0.05, 0) is 25.5 Å². The van der Waals surface area contributed by atoms with Gasteiger partial charge in [0.2, 0.25) is 5.91 Å². The molecule has 1 unspecified atom stereocenters. The van der Waals surface area contributed by atoms with E-state index >= 15 is 0 Å². The Bertz CT molecular complexity index is 502. The highest BCUT2D eigenvalue weighted by atomic mass is 19.1. The molecule has 1 fully saturated rings. The van der Waals surface area contributed by atoms with Crippen LogP contribution in [0.15, 0.2) is 12.1 Å². The summed E-state index contributed by atoms with van der Waals surface area (Å²) >= 11 is 0. The van der Waals surface area contributed by atoms with E-state index in [1.54, 1.807) is 11.8 Å². The monoisotopic (exact) mass is 284 g/mol. The van der Waals surface area contributed by atoms with E-state index < -0.39 is 17.7 Å². The lowest BCUT2D eigenvalue weighted by Gasteiger charge is -2.29. The Hall–Kier alpha value is -1.69. The van der Waals surface area contributed by atoms with Crippen molar-refractivity contribution in [1.82, 2.24) is 4.90 Å². The number of amides is 1. The average Bonchev–Trinajstić information content (AvgIpc) is 2.44. The zero-order valence-electron chi connectivity index (χ0n) is 11.6. The van der Waals surface area contributed by atoms with Gasteiger partial charge >= 0.3 is 0 Å². The third-order valence-corrected chi connectivity index (χ3v) is 3.31. The first kappa shape index (κ1) is 14.7. The van der Waals surface area contributed by atoms with Crippen LogP contribution in [0, 0.1) is 18.6 Å². The molecule has 0 aromatic heterocycles. The van der Waals surface area contributed by atoms with Gasteiger partial charge < -0.3 is 15.0 Å². The molecule has 0 saturated carbocycles. The van der Waals surface area contributed by atoms with Gasteiger partial charge in [-0.3, -0.25) is 4.79 Å². The summed E-state index contributed by atoms with van der Waals surface area (Å²) in [7, 11) is 0. The van der Waals surface area contributed by atoms with E-state index in [-0.39, 0.29) is 17.2 Å². The molecule has 4 nitrogen and oxygen atoms in total. The number of ether oxygens (including phenoxy) is 1. The molecule has 0 radical (unpaired) electrons. The summed E-state index contributed by atoms with van der Waals surface area (Å²) in [5.74, 6) is -1.21. The molecule has 1 saturated heterocycles. The molecule has 1 aliphatic rings. The number of anilines is 1. The zero-order valence-corrected chi connectivity index (χ0v) is 11.6. The van der Waals surface area contributed by atoms with Crippen LogP contribution in [-0.4, -0.2) is 43.2 Å². The number of benzene rings is 1. The molecular formula is C14H18F2N2O2. The number of nitrogens with zero attached hydrogens (tertiary/aromatic N) is 1. The molecule has 1 atom stereocenters. The summed E-state index contributed by atoms with van der Waals surface area (Å²) < 4.78 is 32.3. The Morgan fingerprint density at radius 3 is 2.60 bits per heavy atom. The van der Waals surface area contributed by atoms with Gasteiger partial charge in [0.15, 0.2) is 0 Å². The van der Waals surface area contributed by atoms with Crippen LogP contribution in [0.1, 0.15) is 12.5 Å². The van der Waals surface area contributed by atoms with Crippen molar-refractivity contribution in [3.63, 3.8) is 0 Å². The molecule has 20 heavy (non-hydrogen) atoms. The minimum Gasteiger partial charge on any atom is -0.378 e. The Morgan fingerprint density at radius 2 is 1.95 bits per heavy atom. The molecule has 1 aromatic rings. The quantitative estimate of drug-likeness (QED) is 0.922. The number of nitrogens with one attached hydrogen (secondary N) is 1. The summed E-state index contributed by atoms with van der Waals surface area (Å²) in [6, 6.07) is 1.57. The maximum absolute atomic E-state index is 13.7. The fourth-order valence-electron chi connectivity index (χ4n) is 2.11. The van der Waals surface area contributed by atoms with Gasteiger partial charge in [0.25, 0.3) is 0 Å². The van der Waals surface area contributed by atoms with E-state index in [1.807, 2.05) is 0 Å². The van der Waals surface area contributed by atoms with E-state index in [4.69, 9.17) is 4.74 Å². The molecule has 1 aromatic carbocycles. The average molecular weight is 284 g/mol. The molecule has 110 valence electrons. The second kappa shape index (κ2) is 6.17. The highest BCUT2D eigenvalue weighted by Crippen LogP contribution is 2.20. The number of halogens is 2. The van der Waals surface area contributed by atoms with Crippen molar-refractivity contribution in [2.75, 3.05) is 31.6 Å². The van der Waals surface area contributed by atoms with Crippen LogP contribution in [0.4, 0.5) is 14.5 Å². The molecule has 0 spiro atoms. The second-order valence-electron chi connectivity index (χ2n) is 4.88. The second-order valence-corrected chi connectivity index (χ2v) is 4.88. The Balaban J connectivity index is 2.05. The molecule has 1 amide bonds. The topological polar surface area (TPSA) is 41.6 Å². The number of carbonyl (C=O) groups excluding carboxylic acids is 1. The number of rotatable bonds is 3. The fraction of sp³-hybridized carbons (Fsp3) is 0.500. The van der Waals surface area contributed by atoms with Crippen LogP contribution >= 0.6 is 0 Å². The normalized spacial score (nSPS) is 16.9.